The first-order valence-corrected chi connectivity index (χ1v) is 7.19. The zero-order chi connectivity index (χ0) is 14.1. The van der Waals surface area contributed by atoms with Crippen molar-refractivity contribution >= 4 is 16.1 Å². The van der Waals surface area contributed by atoms with Crippen LogP contribution < -0.4 is 5.32 Å². The van der Waals surface area contributed by atoms with Gasteiger partial charge in [-0.3, -0.25) is 0 Å². The van der Waals surface area contributed by atoms with E-state index in [0.717, 1.165) is 6.26 Å². The highest BCUT2D eigenvalue weighted by atomic mass is 32.2. The Morgan fingerprint density at radius 1 is 1.56 bits per heavy atom. The second-order valence-electron chi connectivity index (χ2n) is 4.57. The fourth-order valence-corrected chi connectivity index (χ4v) is 2.65. The van der Waals surface area contributed by atoms with Gasteiger partial charge in [0.05, 0.1) is 12.8 Å². The molecule has 9 heteroatoms. The van der Waals surface area contributed by atoms with E-state index >= 15 is 0 Å². The number of piperidine rings is 1. The van der Waals surface area contributed by atoms with Gasteiger partial charge in [-0.05, 0) is 12.8 Å². The molecule has 2 unspecified atom stereocenters. The molecule has 0 aliphatic carbocycles. The Labute approximate surface area is 104 Å². The van der Waals surface area contributed by atoms with E-state index in [9.17, 15) is 22.0 Å². The summed E-state index contributed by atoms with van der Waals surface area (Å²) in [4.78, 5) is 10.8. The van der Waals surface area contributed by atoms with Crippen molar-refractivity contribution in [1.29, 1.82) is 0 Å². The van der Waals surface area contributed by atoms with E-state index in [4.69, 9.17) is 5.11 Å². The van der Waals surface area contributed by atoms with Gasteiger partial charge in [-0.2, -0.15) is 0 Å². The van der Waals surface area contributed by atoms with Crippen LogP contribution in [0.5, 0.6) is 0 Å². The summed E-state index contributed by atoms with van der Waals surface area (Å²) in [6.07, 6.45) is -1.45. The number of nitrogens with zero attached hydrogens (tertiary/aromatic N) is 1. The van der Waals surface area contributed by atoms with Crippen molar-refractivity contribution in [3.63, 3.8) is 0 Å². The maximum absolute atomic E-state index is 13.2. The third-order valence-corrected chi connectivity index (χ3v) is 4.07. The monoisotopic (exact) mass is 286 g/mol. The number of hydrogen-bond donors (Lipinski definition) is 2. The molecule has 1 saturated heterocycles. The van der Waals surface area contributed by atoms with Crippen molar-refractivity contribution in [3.05, 3.63) is 0 Å². The standard InChI is InChI=1S/C9H16F2N2O4S/c1-6-7(3-9(10,11)5-12-6)4-13(8(14)15)18(2,16)17/h6-7,12H,3-5H2,1-2H3,(H,14,15). The van der Waals surface area contributed by atoms with Crippen LogP contribution in [0, 0.1) is 5.92 Å². The molecular formula is C9H16F2N2O4S. The highest BCUT2D eigenvalue weighted by Crippen LogP contribution is 2.30. The maximum Gasteiger partial charge on any atom is 0.421 e. The number of carboxylic acid groups (broad SMARTS) is 1. The van der Waals surface area contributed by atoms with Crippen LogP contribution in [0.1, 0.15) is 13.3 Å². The van der Waals surface area contributed by atoms with Crippen LogP contribution in [0.2, 0.25) is 0 Å². The Balaban J connectivity index is 2.83. The molecule has 1 amide bonds. The van der Waals surface area contributed by atoms with Gasteiger partial charge in [0.25, 0.3) is 5.92 Å². The number of alkyl halides is 2. The van der Waals surface area contributed by atoms with Gasteiger partial charge in [-0.25, -0.2) is 26.3 Å². The molecule has 1 rings (SSSR count). The molecule has 2 atom stereocenters. The van der Waals surface area contributed by atoms with Crippen LogP contribution >= 0.6 is 0 Å². The summed E-state index contributed by atoms with van der Waals surface area (Å²) in [5.41, 5.74) is 0. The Morgan fingerprint density at radius 3 is 2.56 bits per heavy atom. The van der Waals surface area contributed by atoms with E-state index in [1.165, 1.54) is 0 Å². The molecule has 0 aromatic carbocycles. The number of sulfonamides is 1. The largest absolute Gasteiger partial charge is 0.464 e. The average molecular weight is 286 g/mol. The van der Waals surface area contributed by atoms with E-state index in [2.05, 4.69) is 5.32 Å². The lowest BCUT2D eigenvalue weighted by Crippen LogP contribution is -2.53. The van der Waals surface area contributed by atoms with Gasteiger partial charge in [0.15, 0.2) is 0 Å². The first kappa shape index (κ1) is 15.1. The quantitative estimate of drug-likeness (QED) is 0.791. The minimum absolute atomic E-state index is 0.206. The maximum atomic E-state index is 13.2. The summed E-state index contributed by atoms with van der Waals surface area (Å²) < 4.78 is 49.1. The van der Waals surface area contributed by atoms with Crippen molar-refractivity contribution in [3.8, 4) is 0 Å². The predicted octanol–water partition coefficient (Wildman–Crippen LogP) is 0.559. The first-order valence-electron chi connectivity index (χ1n) is 5.35. The molecule has 0 spiro atoms. The normalized spacial score (nSPS) is 27.8. The minimum Gasteiger partial charge on any atom is -0.464 e. The molecule has 0 radical (unpaired) electrons. The van der Waals surface area contributed by atoms with E-state index in [-0.39, 0.29) is 10.3 Å². The summed E-state index contributed by atoms with van der Waals surface area (Å²) in [6, 6.07) is -0.367. The summed E-state index contributed by atoms with van der Waals surface area (Å²) in [5.74, 6) is -3.70. The second-order valence-corrected chi connectivity index (χ2v) is 6.47. The van der Waals surface area contributed by atoms with Crippen molar-refractivity contribution in [2.75, 3.05) is 19.3 Å². The van der Waals surface area contributed by atoms with Crippen LogP contribution in [-0.2, 0) is 10.0 Å². The summed E-state index contributed by atoms with van der Waals surface area (Å²) in [7, 11) is -3.96. The lowest BCUT2D eigenvalue weighted by molar-refractivity contribution is -0.0519. The van der Waals surface area contributed by atoms with Gasteiger partial charge in [-0.1, -0.05) is 0 Å². The first-order chi connectivity index (χ1) is 8.03. The van der Waals surface area contributed by atoms with Gasteiger partial charge in [-0.15, -0.1) is 0 Å². The number of hydrogen-bond acceptors (Lipinski definition) is 4. The molecule has 1 aliphatic rings. The van der Waals surface area contributed by atoms with E-state index in [1.54, 1.807) is 6.92 Å². The molecular weight excluding hydrogens is 270 g/mol. The van der Waals surface area contributed by atoms with Crippen LogP contribution in [0.15, 0.2) is 0 Å². The van der Waals surface area contributed by atoms with Crippen molar-refractivity contribution in [2.24, 2.45) is 5.92 Å². The molecule has 18 heavy (non-hydrogen) atoms. The third kappa shape index (κ3) is 3.77. The number of carbonyl (C=O) groups is 1. The molecule has 2 N–H and O–H groups in total. The molecule has 6 nitrogen and oxygen atoms in total. The van der Waals surface area contributed by atoms with Crippen LogP contribution in [0.25, 0.3) is 0 Å². The molecule has 106 valence electrons. The van der Waals surface area contributed by atoms with Gasteiger partial charge >= 0.3 is 6.09 Å². The van der Waals surface area contributed by atoms with Crippen LogP contribution in [-0.4, -0.2) is 55.2 Å². The highest BCUT2D eigenvalue weighted by molar-refractivity contribution is 7.88. The van der Waals surface area contributed by atoms with Crippen molar-refractivity contribution in [1.82, 2.24) is 9.62 Å². The van der Waals surface area contributed by atoms with Crippen molar-refractivity contribution in [2.45, 2.75) is 25.3 Å². The predicted molar refractivity (Wildman–Crippen MR) is 60.1 cm³/mol. The smallest absolute Gasteiger partial charge is 0.421 e. The van der Waals surface area contributed by atoms with Gasteiger partial charge in [0.1, 0.15) is 0 Å². The Bertz CT molecular complexity index is 426. The SMILES string of the molecule is CC1NCC(F)(F)CC1CN(C(=O)O)S(C)(=O)=O. The zero-order valence-corrected chi connectivity index (χ0v) is 10.9. The molecule has 0 saturated carbocycles. The third-order valence-electron chi connectivity index (χ3n) is 2.96. The summed E-state index contributed by atoms with van der Waals surface area (Å²) in [6.45, 7) is 0.691. The number of halogens is 2. The Morgan fingerprint density at radius 2 is 2.11 bits per heavy atom. The van der Waals surface area contributed by atoms with Crippen LogP contribution in [0.3, 0.4) is 0 Å². The van der Waals surface area contributed by atoms with Gasteiger partial charge in [0.2, 0.25) is 10.0 Å². The highest BCUT2D eigenvalue weighted by Gasteiger charge is 2.41. The Hall–Kier alpha value is -0.960. The van der Waals surface area contributed by atoms with Gasteiger partial charge < -0.3 is 10.4 Å². The van der Waals surface area contributed by atoms with E-state index in [0.29, 0.717) is 0 Å². The molecule has 0 aromatic rings. The summed E-state index contributed by atoms with van der Waals surface area (Å²) in [5, 5.41) is 11.3. The topological polar surface area (TPSA) is 86.7 Å². The minimum atomic E-state index is -3.96. The molecule has 1 fully saturated rings. The van der Waals surface area contributed by atoms with Gasteiger partial charge in [0, 0.05) is 19.0 Å². The van der Waals surface area contributed by atoms with E-state index < -0.39 is 47.5 Å². The average Bonchev–Trinajstić information content (AvgIpc) is 2.17. The van der Waals surface area contributed by atoms with Crippen LogP contribution in [0.4, 0.5) is 13.6 Å². The number of nitrogens with one attached hydrogen (secondary N) is 1. The Kier molecular flexibility index (Phi) is 4.16. The van der Waals surface area contributed by atoms with Crippen molar-refractivity contribution < 1.29 is 27.1 Å². The number of rotatable bonds is 3. The molecule has 0 aromatic heterocycles. The second kappa shape index (κ2) is 4.96. The summed E-state index contributed by atoms with van der Waals surface area (Å²) >= 11 is 0. The fraction of sp³-hybridized carbons (Fsp3) is 0.889. The molecule has 1 heterocycles. The lowest BCUT2D eigenvalue weighted by atomic mass is 9.90. The fourth-order valence-electron chi connectivity index (χ4n) is 1.90. The van der Waals surface area contributed by atoms with E-state index in [1.807, 2.05) is 0 Å². The molecule has 1 aliphatic heterocycles. The lowest BCUT2D eigenvalue weighted by Gasteiger charge is -2.36. The zero-order valence-electron chi connectivity index (χ0n) is 10.1. The number of amides is 1. The molecule has 0 bridgehead atoms.